The van der Waals surface area contributed by atoms with Crippen molar-refractivity contribution in [2.45, 2.75) is 64.3 Å². The van der Waals surface area contributed by atoms with Gasteiger partial charge in [-0.05, 0) is 43.4 Å². The summed E-state index contributed by atoms with van der Waals surface area (Å²) < 4.78 is 0. The van der Waals surface area contributed by atoms with Crippen LogP contribution >= 0.6 is 0 Å². The van der Waals surface area contributed by atoms with E-state index in [-0.39, 0.29) is 0 Å². The molecule has 0 amide bonds. The molecule has 25 heavy (non-hydrogen) atoms. The Morgan fingerprint density at radius 2 is 1.76 bits per heavy atom. The molecular weight excluding hydrogens is 310 g/mol. The molecule has 2 aromatic rings. The third kappa shape index (κ3) is 4.84. The van der Waals surface area contributed by atoms with Crippen molar-refractivity contribution in [3.05, 3.63) is 36.2 Å². The Labute approximate surface area is 150 Å². The van der Waals surface area contributed by atoms with Crippen molar-refractivity contribution in [3.63, 3.8) is 0 Å². The van der Waals surface area contributed by atoms with Crippen LogP contribution < -0.4 is 16.4 Å². The summed E-state index contributed by atoms with van der Waals surface area (Å²) in [4.78, 5) is 8.65. The number of nitrogens with one attached hydrogen (secondary N) is 2. The Balaban J connectivity index is 1.66. The predicted molar refractivity (Wildman–Crippen MR) is 105 cm³/mol. The minimum atomic E-state index is 0.469. The van der Waals surface area contributed by atoms with Gasteiger partial charge in [0.1, 0.15) is 12.0 Å². The number of aromatic nitrogens is 2. The van der Waals surface area contributed by atoms with Crippen LogP contribution in [0.1, 0.15) is 57.4 Å². The molecule has 5 nitrogen and oxygen atoms in total. The van der Waals surface area contributed by atoms with Crippen LogP contribution in [0.2, 0.25) is 0 Å². The van der Waals surface area contributed by atoms with Crippen molar-refractivity contribution in [3.8, 4) is 0 Å². The molecule has 4 N–H and O–H groups in total. The van der Waals surface area contributed by atoms with Crippen molar-refractivity contribution in [1.82, 2.24) is 9.97 Å². The number of rotatable bonds is 7. The summed E-state index contributed by atoms with van der Waals surface area (Å²) in [6.45, 7) is 2.22. The SMILES string of the molecule is CCCCc1ccc(Nc2ncnc(NC3CCCCC3)c2N)cc1. The first kappa shape index (κ1) is 17.5. The molecule has 0 aliphatic heterocycles. The van der Waals surface area contributed by atoms with Gasteiger partial charge in [-0.1, -0.05) is 44.7 Å². The Bertz CT molecular complexity index is 662. The summed E-state index contributed by atoms with van der Waals surface area (Å²) in [6, 6.07) is 8.96. The molecule has 0 spiro atoms. The van der Waals surface area contributed by atoms with Crippen LogP contribution in [0, 0.1) is 0 Å². The zero-order valence-corrected chi connectivity index (χ0v) is 15.1. The Morgan fingerprint density at radius 1 is 1.04 bits per heavy atom. The number of benzene rings is 1. The fraction of sp³-hybridized carbons (Fsp3) is 0.500. The number of anilines is 4. The normalized spacial score (nSPS) is 15.1. The van der Waals surface area contributed by atoms with Gasteiger partial charge >= 0.3 is 0 Å². The summed E-state index contributed by atoms with van der Waals surface area (Å²) >= 11 is 0. The maximum atomic E-state index is 6.29. The molecule has 3 rings (SSSR count). The van der Waals surface area contributed by atoms with E-state index in [2.05, 4.69) is 51.8 Å². The highest BCUT2D eigenvalue weighted by molar-refractivity contribution is 5.77. The van der Waals surface area contributed by atoms with Crippen LogP contribution in [0.15, 0.2) is 30.6 Å². The molecule has 0 atom stereocenters. The molecule has 5 heteroatoms. The smallest absolute Gasteiger partial charge is 0.159 e. The number of aryl methyl sites for hydroxylation is 1. The third-order valence-corrected chi connectivity index (χ3v) is 4.87. The molecule has 1 aromatic carbocycles. The molecule has 1 aliphatic carbocycles. The van der Waals surface area contributed by atoms with Gasteiger partial charge in [0.25, 0.3) is 0 Å². The monoisotopic (exact) mass is 339 g/mol. The lowest BCUT2D eigenvalue weighted by Gasteiger charge is -2.24. The van der Waals surface area contributed by atoms with E-state index >= 15 is 0 Å². The molecule has 0 saturated heterocycles. The molecule has 134 valence electrons. The van der Waals surface area contributed by atoms with Crippen molar-refractivity contribution in [2.75, 3.05) is 16.4 Å². The zero-order chi connectivity index (χ0) is 17.5. The first-order valence-electron chi connectivity index (χ1n) is 9.49. The van der Waals surface area contributed by atoms with Crippen molar-refractivity contribution in [2.24, 2.45) is 0 Å². The van der Waals surface area contributed by atoms with Crippen molar-refractivity contribution >= 4 is 23.0 Å². The summed E-state index contributed by atoms with van der Waals surface area (Å²) in [7, 11) is 0. The van der Waals surface area contributed by atoms with Crippen LogP contribution in [0.25, 0.3) is 0 Å². The highest BCUT2D eigenvalue weighted by Crippen LogP contribution is 2.28. The minimum Gasteiger partial charge on any atom is -0.393 e. The van der Waals surface area contributed by atoms with Crippen LogP contribution in [0.4, 0.5) is 23.0 Å². The van der Waals surface area contributed by atoms with Gasteiger partial charge in [0.2, 0.25) is 0 Å². The molecule has 1 heterocycles. The fourth-order valence-electron chi connectivity index (χ4n) is 3.32. The highest BCUT2D eigenvalue weighted by Gasteiger charge is 2.16. The number of nitrogen functional groups attached to an aromatic ring is 1. The second-order valence-corrected chi connectivity index (χ2v) is 6.89. The van der Waals surface area contributed by atoms with Gasteiger partial charge in [0.15, 0.2) is 11.6 Å². The standard InChI is InChI=1S/C20H29N5/c1-2-3-7-15-10-12-17(13-11-15)25-20-18(21)19(22-14-23-20)24-16-8-5-4-6-9-16/h10-14,16H,2-9,21H2,1H3,(H2,22,23,24,25). The molecular formula is C20H29N5. The van der Waals surface area contributed by atoms with E-state index < -0.39 is 0 Å². The lowest BCUT2D eigenvalue weighted by molar-refractivity contribution is 0.462. The molecule has 0 radical (unpaired) electrons. The maximum absolute atomic E-state index is 6.29. The minimum absolute atomic E-state index is 0.469. The molecule has 1 aromatic heterocycles. The topological polar surface area (TPSA) is 75.9 Å². The quantitative estimate of drug-likeness (QED) is 0.669. The Morgan fingerprint density at radius 3 is 2.48 bits per heavy atom. The van der Waals surface area contributed by atoms with Crippen LogP contribution in [0.5, 0.6) is 0 Å². The average Bonchev–Trinajstić information content (AvgIpc) is 2.65. The number of hydrogen-bond acceptors (Lipinski definition) is 5. The number of nitrogens with zero attached hydrogens (tertiary/aromatic N) is 2. The second kappa shape index (κ2) is 8.70. The van der Waals surface area contributed by atoms with E-state index in [1.165, 1.54) is 50.5 Å². The number of unbranched alkanes of at least 4 members (excludes halogenated alkanes) is 1. The Hall–Kier alpha value is -2.30. The van der Waals surface area contributed by atoms with Crippen LogP contribution in [-0.2, 0) is 6.42 Å². The van der Waals surface area contributed by atoms with Gasteiger partial charge in [0.05, 0.1) is 0 Å². The number of hydrogen-bond donors (Lipinski definition) is 3. The van der Waals surface area contributed by atoms with E-state index in [0.29, 0.717) is 17.5 Å². The van der Waals surface area contributed by atoms with Gasteiger partial charge in [-0.15, -0.1) is 0 Å². The van der Waals surface area contributed by atoms with Crippen LogP contribution in [-0.4, -0.2) is 16.0 Å². The lowest BCUT2D eigenvalue weighted by Crippen LogP contribution is -2.23. The molecule has 1 saturated carbocycles. The second-order valence-electron chi connectivity index (χ2n) is 6.89. The van der Waals surface area contributed by atoms with E-state index in [4.69, 9.17) is 5.73 Å². The first-order valence-corrected chi connectivity index (χ1v) is 9.49. The Kier molecular flexibility index (Phi) is 6.09. The van der Waals surface area contributed by atoms with Gasteiger partial charge < -0.3 is 16.4 Å². The van der Waals surface area contributed by atoms with Gasteiger partial charge in [-0.3, -0.25) is 0 Å². The third-order valence-electron chi connectivity index (χ3n) is 4.87. The summed E-state index contributed by atoms with van der Waals surface area (Å²) in [5.74, 6) is 1.40. The van der Waals surface area contributed by atoms with Crippen LogP contribution in [0.3, 0.4) is 0 Å². The number of nitrogens with two attached hydrogens (primary N) is 1. The molecule has 0 bridgehead atoms. The average molecular weight is 339 g/mol. The van der Waals surface area contributed by atoms with E-state index in [1.807, 2.05) is 0 Å². The first-order chi connectivity index (χ1) is 12.3. The van der Waals surface area contributed by atoms with Gasteiger partial charge in [0, 0.05) is 11.7 Å². The molecule has 0 unspecified atom stereocenters. The highest BCUT2D eigenvalue weighted by atomic mass is 15.1. The lowest BCUT2D eigenvalue weighted by atomic mass is 9.95. The van der Waals surface area contributed by atoms with Gasteiger partial charge in [-0.25, -0.2) is 9.97 Å². The molecule has 1 aliphatic rings. The van der Waals surface area contributed by atoms with E-state index in [0.717, 1.165) is 17.9 Å². The fourth-order valence-corrected chi connectivity index (χ4v) is 3.32. The van der Waals surface area contributed by atoms with Crippen molar-refractivity contribution < 1.29 is 0 Å². The molecule has 1 fully saturated rings. The van der Waals surface area contributed by atoms with E-state index in [1.54, 1.807) is 6.33 Å². The predicted octanol–water partition coefficient (Wildman–Crippen LogP) is 4.89. The summed E-state index contributed by atoms with van der Waals surface area (Å²) in [5.41, 5.74) is 9.24. The van der Waals surface area contributed by atoms with Gasteiger partial charge in [-0.2, -0.15) is 0 Å². The van der Waals surface area contributed by atoms with Crippen molar-refractivity contribution in [1.29, 1.82) is 0 Å². The summed E-state index contributed by atoms with van der Waals surface area (Å²) in [6.07, 6.45) is 11.4. The maximum Gasteiger partial charge on any atom is 0.159 e. The largest absolute Gasteiger partial charge is 0.393 e. The van der Waals surface area contributed by atoms with E-state index in [9.17, 15) is 0 Å². The zero-order valence-electron chi connectivity index (χ0n) is 15.1. The summed E-state index contributed by atoms with van der Waals surface area (Å²) in [5, 5.41) is 6.81.